The summed E-state index contributed by atoms with van der Waals surface area (Å²) in [5.41, 5.74) is 3.81. The Morgan fingerprint density at radius 2 is 2.00 bits per heavy atom. The van der Waals surface area contributed by atoms with Gasteiger partial charge in [-0.3, -0.25) is 19.8 Å². The third-order valence-electron chi connectivity index (χ3n) is 3.50. The molecule has 7 nitrogen and oxygen atoms in total. The van der Waals surface area contributed by atoms with Crippen molar-refractivity contribution in [2.24, 2.45) is 5.73 Å². The Hall–Kier alpha value is -1.63. The first kappa shape index (κ1) is 14.4. The van der Waals surface area contributed by atoms with Crippen LogP contribution in [-0.4, -0.2) is 46.0 Å². The molecule has 1 aliphatic rings. The number of carbonyl (C=O) groups excluding carboxylic acids is 2. The fourth-order valence-corrected chi connectivity index (χ4v) is 2.36. The minimum atomic E-state index is -1.08. The summed E-state index contributed by atoms with van der Waals surface area (Å²) in [6.45, 7) is 3.68. The predicted molar refractivity (Wildman–Crippen MR) is 63.8 cm³/mol. The Morgan fingerprint density at radius 1 is 1.39 bits per heavy atom. The zero-order valence-corrected chi connectivity index (χ0v) is 10.6. The average Bonchev–Trinajstić information content (AvgIpc) is 2.27. The van der Waals surface area contributed by atoms with Gasteiger partial charge in [-0.05, 0) is 33.1 Å². The van der Waals surface area contributed by atoms with Gasteiger partial charge in [0.05, 0.1) is 6.04 Å². The van der Waals surface area contributed by atoms with Crippen molar-refractivity contribution in [1.29, 1.82) is 0 Å². The molecule has 1 aliphatic heterocycles. The minimum Gasteiger partial charge on any atom is -0.480 e. The smallest absolute Gasteiger partial charge is 0.323 e. The van der Waals surface area contributed by atoms with Gasteiger partial charge in [0.25, 0.3) is 0 Å². The maximum Gasteiger partial charge on any atom is 0.323 e. The van der Waals surface area contributed by atoms with E-state index in [0.29, 0.717) is 13.0 Å². The number of nitrogens with one attached hydrogen (secondary N) is 1. The van der Waals surface area contributed by atoms with Crippen molar-refractivity contribution in [1.82, 2.24) is 10.2 Å². The second-order valence-corrected chi connectivity index (χ2v) is 4.76. The van der Waals surface area contributed by atoms with E-state index in [4.69, 9.17) is 5.73 Å². The Kier molecular flexibility index (Phi) is 4.28. The number of nitrogens with two attached hydrogens (primary N) is 1. The number of aliphatic carboxylic acids is 1. The molecule has 0 radical (unpaired) electrons. The molecule has 1 saturated heterocycles. The monoisotopic (exact) mass is 257 g/mol. The van der Waals surface area contributed by atoms with Gasteiger partial charge in [0, 0.05) is 6.54 Å². The summed E-state index contributed by atoms with van der Waals surface area (Å²) in [5, 5.41) is 11.3. The molecule has 1 rings (SSSR count). The number of hydrogen-bond acceptors (Lipinski definition) is 4. The van der Waals surface area contributed by atoms with E-state index >= 15 is 0 Å². The topological polar surface area (TPSA) is 113 Å². The molecule has 2 atom stereocenters. The van der Waals surface area contributed by atoms with Crippen LogP contribution in [0.4, 0.5) is 4.79 Å². The molecule has 18 heavy (non-hydrogen) atoms. The number of carboxylic acid groups (broad SMARTS) is 1. The van der Waals surface area contributed by atoms with Gasteiger partial charge in [0.1, 0.15) is 5.54 Å². The summed E-state index contributed by atoms with van der Waals surface area (Å²) in [6, 6.07) is -1.64. The number of piperidine rings is 1. The highest BCUT2D eigenvalue weighted by atomic mass is 16.4. The summed E-state index contributed by atoms with van der Waals surface area (Å²) >= 11 is 0. The Morgan fingerprint density at radius 3 is 2.50 bits per heavy atom. The molecule has 0 aromatic heterocycles. The van der Waals surface area contributed by atoms with Crippen LogP contribution in [0.5, 0.6) is 0 Å². The first-order chi connectivity index (χ1) is 8.29. The number of carboxylic acids is 1. The van der Waals surface area contributed by atoms with Gasteiger partial charge in [-0.25, -0.2) is 4.79 Å². The summed E-state index contributed by atoms with van der Waals surface area (Å²) in [6.07, 6.45) is 2.12. The highest BCUT2D eigenvalue weighted by molar-refractivity contribution is 5.96. The highest BCUT2D eigenvalue weighted by Crippen LogP contribution is 2.30. The van der Waals surface area contributed by atoms with Gasteiger partial charge in [-0.2, -0.15) is 0 Å². The number of primary amides is 1. The van der Waals surface area contributed by atoms with Crippen molar-refractivity contribution in [3.63, 3.8) is 0 Å². The van der Waals surface area contributed by atoms with Gasteiger partial charge in [-0.15, -0.1) is 0 Å². The maximum absolute atomic E-state index is 11.7. The van der Waals surface area contributed by atoms with Gasteiger partial charge < -0.3 is 10.8 Å². The van der Waals surface area contributed by atoms with Crippen LogP contribution >= 0.6 is 0 Å². The SMILES string of the molecule is CC(C(=O)NC(N)=O)N1CCCCC1(C)C(=O)O. The zero-order chi connectivity index (χ0) is 13.9. The quantitative estimate of drug-likeness (QED) is 0.653. The predicted octanol–water partition coefficient (Wildman–Crippen LogP) is -0.101. The maximum atomic E-state index is 11.7. The van der Waals surface area contributed by atoms with Crippen molar-refractivity contribution in [2.75, 3.05) is 6.54 Å². The normalized spacial score (nSPS) is 26.3. The van der Waals surface area contributed by atoms with E-state index in [2.05, 4.69) is 0 Å². The number of carbonyl (C=O) groups is 3. The van der Waals surface area contributed by atoms with E-state index in [1.807, 2.05) is 5.32 Å². The zero-order valence-electron chi connectivity index (χ0n) is 10.6. The van der Waals surface area contributed by atoms with E-state index in [-0.39, 0.29) is 0 Å². The van der Waals surface area contributed by atoms with Crippen LogP contribution in [0, 0.1) is 0 Å². The Labute approximate surface area is 105 Å². The first-order valence-corrected chi connectivity index (χ1v) is 5.89. The lowest BCUT2D eigenvalue weighted by molar-refractivity contribution is -0.156. The summed E-state index contributed by atoms with van der Waals surface area (Å²) in [7, 11) is 0. The third-order valence-corrected chi connectivity index (χ3v) is 3.50. The van der Waals surface area contributed by atoms with Crippen LogP contribution in [0.1, 0.15) is 33.1 Å². The molecule has 102 valence electrons. The van der Waals surface area contributed by atoms with Crippen molar-refractivity contribution in [3.05, 3.63) is 0 Å². The van der Waals surface area contributed by atoms with Crippen molar-refractivity contribution >= 4 is 17.9 Å². The minimum absolute atomic E-state index is 0.483. The van der Waals surface area contributed by atoms with Crippen molar-refractivity contribution < 1.29 is 19.5 Å². The number of rotatable bonds is 3. The molecule has 0 bridgehead atoms. The Balaban J connectivity index is 2.87. The molecule has 0 aliphatic carbocycles. The number of amides is 3. The van der Waals surface area contributed by atoms with Gasteiger partial charge in [-0.1, -0.05) is 0 Å². The summed E-state index contributed by atoms with van der Waals surface area (Å²) in [5.74, 6) is -1.53. The third kappa shape index (κ3) is 2.79. The van der Waals surface area contributed by atoms with Gasteiger partial charge in [0.15, 0.2) is 0 Å². The van der Waals surface area contributed by atoms with Gasteiger partial charge in [0.2, 0.25) is 5.91 Å². The second kappa shape index (κ2) is 5.34. The lowest BCUT2D eigenvalue weighted by atomic mass is 9.87. The first-order valence-electron chi connectivity index (χ1n) is 5.89. The van der Waals surface area contributed by atoms with Crippen LogP contribution in [-0.2, 0) is 9.59 Å². The number of nitrogens with zero attached hydrogens (tertiary/aromatic N) is 1. The molecule has 2 unspecified atom stereocenters. The van der Waals surface area contributed by atoms with Crippen LogP contribution in [0.25, 0.3) is 0 Å². The van der Waals surface area contributed by atoms with E-state index in [9.17, 15) is 19.5 Å². The molecule has 4 N–H and O–H groups in total. The fraction of sp³-hybridized carbons (Fsp3) is 0.727. The van der Waals surface area contributed by atoms with E-state index in [1.165, 1.54) is 0 Å². The Bertz CT molecular complexity index is 371. The molecule has 0 saturated carbocycles. The second-order valence-electron chi connectivity index (χ2n) is 4.76. The fourth-order valence-electron chi connectivity index (χ4n) is 2.36. The van der Waals surface area contributed by atoms with E-state index in [1.54, 1.807) is 18.7 Å². The number of likely N-dealkylation sites (tertiary alicyclic amines) is 1. The molecule has 0 aromatic rings. The standard InChI is InChI=1S/C11H19N3O4/c1-7(8(15)13-10(12)18)14-6-4-3-5-11(14,2)9(16)17/h7H,3-6H2,1-2H3,(H,16,17)(H3,12,13,15,18). The van der Waals surface area contributed by atoms with Crippen LogP contribution in [0.15, 0.2) is 0 Å². The van der Waals surface area contributed by atoms with Crippen molar-refractivity contribution in [3.8, 4) is 0 Å². The lowest BCUT2D eigenvalue weighted by Gasteiger charge is -2.44. The molecular weight excluding hydrogens is 238 g/mol. The van der Waals surface area contributed by atoms with Crippen LogP contribution < -0.4 is 11.1 Å². The number of imide groups is 1. The summed E-state index contributed by atoms with van der Waals surface area (Å²) in [4.78, 5) is 35.3. The molecule has 7 heteroatoms. The number of hydrogen-bond donors (Lipinski definition) is 3. The molecule has 1 heterocycles. The molecule has 0 aromatic carbocycles. The van der Waals surface area contributed by atoms with Crippen LogP contribution in [0.3, 0.4) is 0 Å². The summed E-state index contributed by atoms with van der Waals surface area (Å²) < 4.78 is 0. The van der Waals surface area contributed by atoms with Crippen molar-refractivity contribution in [2.45, 2.75) is 44.7 Å². The molecule has 0 spiro atoms. The highest BCUT2D eigenvalue weighted by Gasteiger charge is 2.45. The molecule has 3 amide bonds. The van der Waals surface area contributed by atoms with E-state index < -0.39 is 29.5 Å². The average molecular weight is 257 g/mol. The van der Waals surface area contributed by atoms with Gasteiger partial charge >= 0.3 is 12.0 Å². The van der Waals surface area contributed by atoms with E-state index in [0.717, 1.165) is 12.8 Å². The number of urea groups is 1. The molecular formula is C11H19N3O4. The lowest BCUT2D eigenvalue weighted by Crippen LogP contribution is -2.62. The largest absolute Gasteiger partial charge is 0.480 e. The van der Waals surface area contributed by atoms with Crippen LogP contribution in [0.2, 0.25) is 0 Å². The molecule has 1 fully saturated rings.